The van der Waals surface area contributed by atoms with Gasteiger partial charge in [-0.25, -0.2) is 4.79 Å². The lowest BCUT2D eigenvalue weighted by Crippen LogP contribution is -2.38. The molecule has 0 radical (unpaired) electrons. The lowest BCUT2D eigenvalue weighted by Gasteiger charge is -2.19. The van der Waals surface area contributed by atoms with E-state index in [0.29, 0.717) is 12.2 Å². The van der Waals surface area contributed by atoms with Crippen LogP contribution in [0.4, 0.5) is 4.79 Å². The molecule has 1 aliphatic rings. The second-order valence-corrected chi connectivity index (χ2v) is 9.59. The van der Waals surface area contributed by atoms with E-state index in [-0.39, 0.29) is 36.7 Å². The van der Waals surface area contributed by atoms with Crippen molar-refractivity contribution in [2.45, 2.75) is 31.4 Å². The van der Waals surface area contributed by atoms with Gasteiger partial charge in [0.2, 0.25) is 0 Å². The molecule has 1 amide bonds. The van der Waals surface area contributed by atoms with Crippen LogP contribution in [0.3, 0.4) is 0 Å². The Kier molecular flexibility index (Phi) is 8.62. The Labute approximate surface area is 214 Å². The highest BCUT2D eigenvalue weighted by atomic mass is 32.2. The highest BCUT2D eigenvalue weighted by Gasteiger charge is 2.29. The first kappa shape index (κ1) is 25.3. The van der Waals surface area contributed by atoms with E-state index in [1.54, 1.807) is 0 Å². The van der Waals surface area contributed by atoms with Crippen LogP contribution >= 0.6 is 11.8 Å². The maximum absolute atomic E-state index is 12.7. The molecule has 36 heavy (non-hydrogen) atoms. The molecule has 0 spiro atoms. The van der Waals surface area contributed by atoms with E-state index in [2.05, 4.69) is 29.6 Å². The van der Waals surface area contributed by atoms with Gasteiger partial charge in [0, 0.05) is 24.1 Å². The quantitative estimate of drug-likeness (QED) is 0.203. The Bertz CT molecular complexity index is 1170. The molecule has 3 aromatic carbocycles. The molecule has 0 heterocycles. The molecule has 0 fully saturated rings. The summed E-state index contributed by atoms with van der Waals surface area (Å²) >= 11 is 1.11. The number of thioether (sulfide) groups is 1. The van der Waals surface area contributed by atoms with Gasteiger partial charge in [0.1, 0.15) is 13.2 Å². The largest absolute Gasteiger partial charge is 0.461 e. The van der Waals surface area contributed by atoms with E-state index in [1.165, 1.54) is 0 Å². The number of esters is 1. The molecular formula is C28H29N3O4S. The molecule has 1 atom stereocenters. The third-order valence-corrected chi connectivity index (χ3v) is 6.93. The van der Waals surface area contributed by atoms with Crippen molar-refractivity contribution < 1.29 is 19.1 Å². The maximum Gasteiger partial charge on any atom is 0.407 e. The summed E-state index contributed by atoms with van der Waals surface area (Å²) in [5.74, 6) is -0.0435. The van der Waals surface area contributed by atoms with Gasteiger partial charge in [-0.05, 0) is 34.2 Å². The van der Waals surface area contributed by atoms with Gasteiger partial charge in [-0.2, -0.15) is 0 Å². The average molecular weight is 504 g/mol. The Morgan fingerprint density at radius 3 is 2.17 bits per heavy atom. The van der Waals surface area contributed by atoms with Crippen LogP contribution in [0.2, 0.25) is 0 Å². The van der Waals surface area contributed by atoms with Crippen LogP contribution in [0.5, 0.6) is 0 Å². The number of carbonyl (C=O) groups is 2. The number of nitrogens with two attached hydrogens (primary N) is 1. The molecule has 7 nitrogen and oxygen atoms in total. The summed E-state index contributed by atoms with van der Waals surface area (Å²) in [5.41, 5.74) is 11.0. The number of hydrogen-bond donors (Lipinski definition) is 3. The van der Waals surface area contributed by atoms with Gasteiger partial charge in [0.15, 0.2) is 5.17 Å². The SMILES string of the molecule is N=C(N)SC[C@H](CCC(=O)OCc1ccccc1)NC(=O)OCC1c2ccccc2-c2ccccc21. The minimum absolute atomic E-state index is 0.0406. The van der Waals surface area contributed by atoms with Crippen molar-refractivity contribution in [1.29, 1.82) is 5.41 Å². The van der Waals surface area contributed by atoms with Crippen molar-refractivity contribution >= 4 is 29.0 Å². The van der Waals surface area contributed by atoms with Crippen molar-refractivity contribution in [3.05, 3.63) is 95.6 Å². The van der Waals surface area contributed by atoms with E-state index < -0.39 is 12.1 Å². The third-order valence-electron chi connectivity index (χ3n) is 6.05. The standard InChI is InChI=1S/C28H29N3O4S/c29-27(30)36-18-20(14-15-26(32)34-16-19-8-2-1-3-9-19)31-28(33)35-17-25-23-12-6-4-10-21(23)22-11-5-7-13-24(22)25/h1-13,20,25H,14-18H2,(H3,29,30)(H,31,33)/t20-/m0/s1. The molecule has 0 aromatic heterocycles. The molecule has 4 rings (SSSR count). The fourth-order valence-electron chi connectivity index (χ4n) is 4.30. The number of nitrogens with one attached hydrogen (secondary N) is 2. The van der Waals surface area contributed by atoms with Crippen molar-refractivity contribution in [2.75, 3.05) is 12.4 Å². The highest BCUT2D eigenvalue weighted by Crippen LogP contribution is 2.44. The van der Waals surface area contributed by atoms with E-state index in [9.17, 15) is 9.59 Å². The fourth-order valence-corrected chi connectivity index (χ4v) is 4.93. The summed E-state index contributed by atoms with van der Waals surface area (Å²) in [4.78, 5) is 24.9. The molecule has 0 bridgehead atoms. The predicted molar refractivity (Wildman–Crippen MR) is 142 cm³/mol. The van der Waals surface area contributed by atoms with Gasteiger partial charge >= 0.3 is 12.1 Å². The zero-order chi connectivity index (χ0) is 25.3. The number of alkyl carbamates (subject to hydrolysis) is 1. The highest BCUT2D eigenvalue weighted by molar-refractivity contribution is 8.13. The van der Waals surface area contributed by atoms with Crippen LogP contribution in [0, 0.1) is 5.41 Å². The monoisotopic (exact) mass is 503 g/mol. The molecule has 8 heteroatoms. The van der Waals surface area contributed by atoms with Gasteiger partial charge in [-0.15, -0.1) is 0 Å². The van der Waals surface area contributed by atoms with E-state index >= 15 is 0 Å². The van der Waals surface area contributed by atoms with E-state index in [4.69, 9.17) is 20.6 Å². The molecule has 0 saturated heterocycles. The topological polar surface area (TPSA) is 115 Å². The third kappa shape index (κ3) is 6.66. The maximum atomic E-state index is 12.7. The summed E-state index contributed by atoms with van der Waals surface area (Å²) in [5, 5.41) is 10.3. The van der Waals surface area contributed by atoms with Gasteiger partial charge < -0.3 is 20.5 Å². The lowest BCUT2D eigenvalue weighted by atomic mass is 9.98. The zero-order valence-corrected chi connectivity index (χ0v) is 20.6. The summed E-state index contributed by atoms with van der Waals surface area (Å²) in [6.45, 7) is 0.401. The molecule has 0 saturated carbocycles. The van der Waals surface area contributed by atoms with Gasteiger partial charge in [0.05, 0.1) is 0 Å². The van der Waals surface area contributed by atoms with E-state index in [1.807, 2.05) is 54.6 Å². The first-order valence-electron chi connectivity index (χ1n) is 11.8. The normalized spacial score (nSPS) is 12.8. The number of ether oxygens (including phenoxy) is 2. The summed E-state index contributed by atoms with van der Waals surface area (Å²) < 4.78 is 11.0. The molecule has 3 aromatic rings. The number of amides is 1. The zero-order valence-electron chi connectivity index (χ0n) is 19.8. The lowest BCUT2D eigenvalue weighted by molar-refractivity contribution is -0.145. The van der Waals surface area contributed by atoms with Crippen LogP contribution in [0.15, 0.2) is 78.9 Å². The average Bonchev–Trinajstić information content (AvgIpc) is 3.22. The van der Waals surface area contributed by atoms with Crippen LogP contribution in [0.1, 0.15) is 35.4 Å². The molecular weight excluding hydrogens is 474 g/mol. The number of amidine groups is 1. The van der Waals surface area contributed by atoms with Crippen LogP contribution in [-0.2, 0) is 20.9 Å². The Hall–Kier alpha value is -3.78. The second kappa shape index (κ2) is 12.3. The molecule has 0 aliphatic heterocycles. The predicted octanol–water partition coefficient (Wildman–Crippen LogP) is 5.04. The van der Waals surface area contributed by atoms with Gasteiger partial charge in [-0.1, -0.05) is 90.6 Å². The van der Waals surface area contributed by atoms with Crippen molar-refractivity contribution in [2.24, 2.45) is 5.73 Å². The van der Waals surface area contributed by atoms with Crippen molar-refractivity contribution in [3.63, 3.8) is 0 Å². The Morgan fingerprint density at radius 1 is 0.917 bits per heavy atom. The Balaban J connectivity index is 1.31. The molecule has 186 valence electrons. The van der Waals surface area contributed by atoms with E-state index in [0.717, 1.165) is 39.6 Å². The Morgan fingerprint density at radius 2 is 1.53 bits per heavy atom. The van der Waals surface area contributed by atoms with Crippen LogP contribution in [0.25, 0.3) is 11.1 Å². The summed E-state index contributed by atoms with van der Waals surface area (Å²) in [6.07, 6.45) is -0.0961. The van der Waals surface area contributed by atoms with Gasteiger partial charge in [0.25, 0.3) is 0 Å². The molecule has 0 unspecified atom stereocenters. The molecule has 4 N–H and O–H groups in total. The number of carbonyl (C=O) groups excluding carboxylic acids is 2. The minimum atomic E-state index is -0.566. The van der Waals surface area contributed by atoms with Gasteiger partial charge in [-0.3, -0.25) is 10.2 Å². The smallest absolute Gasteiger partial charge is 0.407 e. The van der Waals surface area contributed by atoms with Crippen LogP contribution < -0.4 is 11.1 Å². The number of rotatable bonds is 10. The minimum Gasteiger partial charge on any atom is -0.461 e. The first-order valence-corrected chi connectivity index (χ1v) is 12.8. The summed E-state index contributed by atoms with van der Waals surface area (Å²) in [7, 11) is 0. The fraction of sp³-hybridized carbons (Fsp3) is 0.250. The second-order valence-electron chi connectivity index (χ2n) is 8.53. The van der Waals surface area contributed by atoms with Crippen molar-refractivity contribution in [1.82, 2.24) is 5.32 Å². The number of benzene rings is 3. The summed E-state index contributed by atoms with van der Waals surface area (Å²) in [6, 6.07) is 25.3. The van der Waals surface area contributed by atoms with Crippen molar-refractivity contribution in [3.8, 4) is 11.1 Å². The number of hydrogen-bond acceptors (Lipinski definition) is 6. The molecule has 1 aliphatic carbocycles. The first-order chi connectivity index (χ1) is 17.5. The van der Waals surface area contributed by atoms with Crippen LogP contribution in [-0.4, -0.2) is 35.6 Å². The number of fused-ring (bicyclic) bond motifs is 3.